The minimum absolute atomic E-state index is 0.272. The molecule has 1 aromatic rings. The van der Waals surface area contributed by atoms with E-state index < -0.39 is 0 Å². The molecule has 0 saturated carbocycles. The van der Waals surface area contributed by atoms with E-state index in [1.54, 1.807) is 11.3 Å². The second kappa shape index (κ2) is 6.11. The van der Waals surface area contributed by atoms with Crippen molar-refractivity contribution >= 4 is 17.1 Å². The van der Waals surface area contributed by atoms with Gasteiger partial charge in [0.1, 0.15) is 10.8 Å². The lowest BCUT2D eigenvalue weighted by molar-refractivity contribution is -0.118. The van der Waals surface area contributed by atoms with Crippen molar-refractivity contribution in [2.45, 2.75) is 40.0 Å². The number of carbonyl (C=O) groups is 1. The summed E-state index contributed by atoms with van der Waals surface area (Å²) in [7, 11) is 0. The smallest absolute Gasteiger partial charge is 0.139 e. The lowest BCUT2D eigenvalue weighted by Crippen LogP contribution is -2.13. The van der Waals surface area contributed by atoms with Gasteiger partial charge in [-0.05, 0) is 32.7 Å². The van der Waals surface area contributed by atoms with Gasteiger partial charge in [0.05, 0.1) is 12.1 Å². The predicted octanol–water partition coefficient (Wildman–Crippen LogP) is 2.25. The average Bonchev–Trinajstić information content (AvgIpc) is 2.54. The first-order valence-electron chi connectivity index (χ1n) is 5.67. The first kappa shape index (κ1) is 13.3. The SMILES string of the molecule is Cc1nc(CC(=O)CCC(C)CN)sc1C. The molecule has 0 aromatic carbocycles. The number of nitrogens with zero attached hydrogens (tertiary/aromatic N) is 1. The van der Waals surface area contributed by atoms with Crippen LogP contribution in [-0.4, -0.2) is 17.3 Å². The van der Waals surface area contributed by atoms with Crippen LogP contribution in [0.2, 0.25) is 0 Å². The molecule has 0 fully saturated rings. The normalized spacial score (nSPS) is 12.8. The van der Waals surface area contributed by atoms with Crippen LogP contribution in [0.5, 0.6) is 0 Å². The molecule has 0 amide bonds. The molecule has 1 unspecified atom stereocenters. The van der Waals surface area contributed by atoms with Gasteiger partial charge >= 0.3 is 0 Å². The molecule has 0 bridgehead atoms. The van der Waals surface area contributed by atoms with Gasteiger partial charge in [0.15, 0.2) is 0 Å². The van der Waals surface area contributed by atoms with Crippen molar-refractivity contribution in [2.75, 3.05) is 6.54 Å². The first-order valence-corrected chi connectivity index (χ1v) is 6.49. The minimum atomic E-state index is 0.272. The van der Waals surface area contributed by atoms with E-state index in [2.05, 4.69) is 11.9 Å². The maximum Gasteiger partial charge on any atom is 0.139 e. The maximum atomic E-state index is 11.7. The van der Waals surface area contributed by atoms with Crippen LogP contribution in [0.15, 0.2) is 0 Å². The Morgan fingerprint density at radius 2 is 2.19 bits per heavy atom. The minimum Gasteiger partial charge on any atom is -0.330 e. The third-order valence-electron chi connectivity index (χ3n) is 2.74. The number of aryl methyl sites for hydroxylation is 2. The molecule has 4 heteroatoms. The Morgan fingerprint density at radius 3 is 2.69 bits per heavy atom. The Balaban J connectivity index is 2.40. The molecule has 2 N–H and O–H groups in total. The highest BCUT2D eigenvalue weighted by Gasteiger charge is 2.10. The lowest BCUT2D eigenvalue weighted by Gasteiger charge is -2.05. The van der Waals surface area contributed by atoms with E-state index in [0.29, 0.717) is 25.3 Å². The van der Waals surface area contributed by atoms with Crippen LogP contribution in [0.3, 0.4) is 0 Å². The molecule has 90 valence electrons. The standard InChI is InChI=1S/C12H20N2OS/c1-8(7-13)4-5-11(15)6-12-14-9(2)10(3)16-12/h8H,4-7,13H2,1-3H3. The maximum absolute atomic E-state index is 11.7. The Labute approximate surface area is 101 Å². The highest BCUT2D eigenvalue weighted by Crippen LogP contribution is 2.18. The van der Waals surface area contributed by atoms with Crippen LogP contribution in [0.1, 0.15) is 35.3 Å². The molecule has 0 aliphatic heterocycles. The van der Waals surface area contributed by atoms with Crippen molar-refractivity contribution in [1.82, 2.24) is 4.98 Å². The Hall–Kier alpha value is -0.740. The number of aromatic nitrogens is 1. The van der Waals surface area contributed by atoms with E-state index in [1.807, 2.05) is 13.8 Å². The number of Topliss-reactive ketones (excluding diaryl/α,β-unsaturated/α-hetero) is 1. The van der Waals surface area contributed by atoms with E-state index in [9.17, 15) is 4.79 Å². The third kappa shape index (κ3) is 4.02. The van der Waals surface area contributed by atoms with E-state index in [0.717, 1.165) is 17.1 Å². The Bertz CT molecular complexity index is 340. The van der Waals surface area contributed by atoms with E-state index >= 15 is 0 Å². The molecular weight excluding hydrogens is 220 g/mol. The fourth-order valence-corrected chi connectivity index (χ4v) is 2.36. The van der Waals surface area contributed by atoms with Crippen molar-refractivity contribution in [3.63, 3.8) is 0 Å². The molecule has 0 aliphatic carbocycles. The summed E-state index contributed by atoms with van der Waals surface area (Å²) in [6, 6.07) is 0. The summed E-state index contributed by atoms with van der Waals surface area (Å²) in [6.45, 7) is 6.75. The summed E-state index contributed by atoms with van der Waals surface area (Å²) in [5, 5.41) is 0.945. The summed E-state index contributed by atoms with van der Waals surface area (Å²) >= 11 is 1.63. The molecule has 0 spiro atoms. The van der Waals surface area contributed by atoms with Gasteiger partial charge in [0.2, 0.25) is 0 Å². The topological polar surface area (TPSA) is 56.0 Å². The molecule has 1 rings (SSSR count). The van der Waals surface area contributed by atoms with Crippen LogP contribution >= 0.6 is 11.3 Å². The third-order valence-corrected chi connectivity index (χ3v) is 3.81. The summed E-state index contributed by atoms with van der Waals surface area (Å²) in [4.78, 5) is 17.3. The second-order valence-corrected chi connectivity index (χ2v) is 5.63. The van der Waals surface area contributed by atoms with Gasteiger partial charge in [-0.2, -0.15) is 0 Å². The molecule has 0 saturated heterocycles. The lowest BCUT2D eigenvalue weighted by atomic mass is 10.0. The van der Waals surface area contributed by atoms with Crippen molar-refractivity contribution in [3.05, 3.63) is 15.6 Å². The van der Waals surface area contributed by atoms with Crippen LogP contribution in [-0.2, 0) is 11.2 Å². The summed E-state index contributed by atoms with van der Waals surface area (Å²) in [5.41, 5.74) is 6.56. The molecule has 0 aliphatic rings. The zero-order valence-electron chi connectivity index (χ0n) is 10.2. The molecule has 1 atom stereocenters. The first-order chi connectivity index (χ1) is 7.52. The van der Waals surface area contributed by atoms with Gasteiger partial charge in [-0.25, -0.2) is 4.98 Å². The van der Waals surface area contributed by atoms with Gasteiger partial charge in [0, 0.05) is 11.3 Å². The molecule has 1 heterocycles. The van der Waals surface area contributed by atoms with Crippen molar-refractivity contribution in [1.29, 1.82) is 0 Å². The van der Waals surface area contributed by atoms with Gasteiger partial charge in [-0.1, -0.05) is 6.92 Å². The molecule has 1 aromatic heterocycles. The zero-order valence-corrected chi connectivity index (χ0v) is 11.1. The van der Waals surface area contributed by atoms with Gasteiger partial charge in [0.25, 0.3) is 0 Å². The molecule has 3 nitrogen and oxygen atoms in total. The Morgan fingerprint density at radius 1 is 1.50 bits per heavy atom. The Kier molecular flexibility index (Phi) is 5.09. The monoisotopic (exact) mass is 240 g/mol. The number of nitrogens with two attached hydrogens (primary N) is 1. The summed E-state index contributed by atoms with van der Waals surface area (Å²) in [5.74, 6) is 0.706. The number of carbonyl (C=O) groups excluding carboxylic acids is 1. The van der Waals surface area contributed by atoms with Gasteiger partial charge in [-0.3, -0.25) is 4.79 Å². The highest BCUT2D eigenvalue weighted by atomic mass is 32.1. The number of hydrogen-bond donors (Lipinski definition) is 1. The van der Waals surface area contributed by atoms with Crippen molar-refractivity contribution < 1.29 is 4.79 Å². The fourth-order valence-electron chi connectivity index (χ4n) is 1.40. The quantitative estimate of drug-likeness (QED) is 0.829. The number of thiazole rings is 1. The zero-order chi connectivity index (χ0) is 12.1. The van der Waals surface area contributed by atoms with Crippen molar-refractivity contribution in [3.8, 4) is 0 Å². The number of rotatable bonds is 6. The highest BCUT2D eigenvalue weighted by molar-refractivity contribution is 7.11. The molecule has 16 heavy (non-hydrogen) atoms. The van der Waals surface area contributed by atoms with Crippen molar-refractivity contribution in [2.24, 2.45) is 11.7 Å². The van der Waals surface area contributed by atoms with E-state index in [4.69, 9.17) is 5.73 Å². The van der Waals surface area contributed by atoms with Crippen LogP contribution in [0.25, 0.3) is 0 Å². The summed E-state index contributed by atoms with van der Waals surface area (Å²) in [6.07, 6.45) is 1.99. The largest absolute Gasteiger partial charge is 0.330 e. The van der Waals surface area contributed by atoms with E-state index in [1.165, 1.54) is 4.88 Å². The predicted molar refractivity (Wildman–Crippen MR) is 67.8 cm³/mol. The second-order valence-electron chi connectivity index (χ2n) is 4.34. The fraction of sp³-hybridized carbons (Fsp3) is 0.667. The van der Waals surface area contributed by atoms with Crippen LogP contribution in [0.4, 0.5) is 0 Å². The van der Waals surface area contributed by atoms with Gasteiger partial charge < -0.3 is 5.73 Å². The number of hydrogen-bond acceptors (Lipinski definition) is 4. The molecular formula is C12H20N2OS. The van der Waals surface area contributed by atoms with Crippen LogP contribution < -0.4 is 5.73 Å². The van der Waals surface area contributed by atoms with Gasteiger partial charge in [-0.15, -0.1) is 11.3 Å². The summed E-state index contributed by atoms with van der Waals surface area (Å²) < 4.78 is 0. The number of ketones is 1. The van der Waals surface area contributed by atoms with E-state index in [-0.39, 0.29) is 5.78 Å². The molecule has 0 radical (unpaired) electrons. The average molecular weight is 240 g/mol. The van der Waals surface area contributed by atoms with Crippen LogP contribution in [0, 0.1) is 19.8 Å².